The molecule has 0 bridgehead atoms. The third kappa shape index (κ3) is 4.28. The maximum Gasteiger partial charge on any atom is 0.256 e. The molecule has 2 saturated heterocycles. The first-order valence-electron chi connectivity index (χ1n) is 8.31. The second kappa shape index (κ2) is 8.52. The van der Waals surface area contributed by atoms with E-state index in [2.05, 4.69) is 0 Å². The van der Waals surface area contributed by atoms with Gasteiger partial charge in [-0.15, -0.1) is 12.4 Å². The van der Waals surface area contributed by atoms with Gasteiger partial charge >= 0.3 is 0 Å². The normalized spacial score (nSPS) is 19.7. The van der Waals surface area contributed by atoms with Crippen LogP contribution in [-0.2, 0) is 9.53 Å². The van der Waals surface area contributed by atoms with Gasteiger partial charge < -0.3 is 20.3 Å². The van der Waals surface area contributed by atoms with Gasteiger partial charge in [0.15, 0.2) is 0 Å². The van der Waals surface area contributed by atoms with Crippen LogP contribution in [0, 0.1) is 5.82 Å². The zero-order chi connectivity index (χ0) is 18.0. The fourth-order valence-corrected chi connectivity index (χ4v) is 3.37. The van der Waals surface area contributed by atoms with E-state index in [1.807, 2.05) is 0 Å². The van der Waals surface area contributed by atoms with Gasteiger partial charge in [0, 0.05) is 44.4 Å². The summed E-state index contributed by atoms with van der Waals surface area (Å²) in [6.45, 7) is 2.44. The largest absolute Gasteiger partial charge is 0.381 e. The first-order valence-corrected chi connectivity index (χ1v) is 8.69. The van der Waals surface area contributed by atoms with Crippen LogP contribution >= 0.6 is 24.0 Å². The Balaban J connectivity index is 0.00000243. The maximum atomic E-state index is 13.9. The summed E-state index contributed by atoms with van der Waals surface area (Å²) in [4.78, 5) is 28.4. The average Bonchev–Trinajstić information content (AvgIpc) is 2.61. The molecule has 2 aliphatic heterocycles. The van der Waals surface area contributed by atoms with E-state index in [0.29, 0.717) is 52.2 Å². The average molecular weight is 406 g/mol. The second-order valence-corrected chi connectivity index (χ2v) is 6.91. The van der Waals surface area contributed by atoms with E-state index < -0.39 is 17.3 Å². The highest BCUT2D eigenvalue weighted by Crippen LogP contribution is 2.22. The molecule has 0 unspecified atom stereocenters. The van der Waals surface area contributed by atoms with Crippen molar-refractivity contribution in [1.82, 2.24) is 9.80 Å². The summed E-state index contributed by atoms with van der Waals surface area (Å²) in [5.74, 6) is -1.13. The van der Waals surface area contributed by atoms with Gasteiger partial charge in [0.2, 0.25) is 5.91 Å². The molecule has 6 nitrogen and oxygen atoms in total. The van der Waals surface area contributed by atoms with Gasteiger partial charge in [-0.3, -0.25) is 9.59 Å². The van der Waals surface area contributed by atoms with E-state index in [1.54, 1.807) is 9.80 Å². The van der Waals surface area contributed by atoms with Gasteiger partial charge in [-0.1, -0.05) is 11.6 Å². The van der Waals surface area contributed by atoms with Crippen LogP contribution in [-0.4, -0.2) is 66.5 Å². The summed E-state index contributed by atoms with van der Waals surface area (Å²) < 4.78 is 19.2. The fraction of sp³-hybridized carbons (Fsp3) is 0.529. The Bertz CT molecular complexity index is 675. The lowest BCUT2D eigenvalue weighted by Gasteiger charge is -2.40. The van der Waals surface area contributed by atoms with Crippen LogP contribution in [0.4, 0.5) is 4.39 Å². The molecule has 2 N–H and O–H groups in total. The lowest BCUT2D eigenvalue weighted by atomic mass is 9.89. The molecule has 26 heavy (non-hydrogen) atoms. The Labute approximate surface area is 162 Å². The number of piperazine rings is 1. The summed E-state index contributed by atoms with van der Waals surface area (Å²) in [5.41, 5.74) is 5.35. The van der Waals surface area contributed by atoms with Gasteiger partial charge in [-0.05, 0) is 31.0 Å². The molecule has 1 aromatic rings. The number of carbonyl (C=O) groups is 2. The van der Waals surface area contributed by atoms with Gasteiger partial charge in [-0.2, -0.15) is 0 Å². The lowest BCUT2D eigenvalue weighted by molar-refractivity contribution is -0.142. The molecular formula is C17H22Cl2FN3O3. The number of amides is 2. The van der Waals surface area contributed by atoms with Crippen LogP contribution in [0.2, 0.25) is 5.02 Å². The van der Waals surface area contributed by atoms with Crippen molar-refractivity contribution in [3.63, 3.8) is 0 Å². The lowest BCUT2D eigenvalue weighted by Crippen LogP contribution is -2.61. The quantitative estimate of drug-likeness (QED) is 0.811. The number of benzene rings is 1. The Hall–Kier alpha value is -1.41. The fourth-order valence-electron chi connectivity index (χ4n) is 3.21. The van der Waals surface area contributed by atoms with Crippen LogP contribution in [0.1, 0.15) is 23.2 Å². The summed E-state index contributed by atoms with van der Waals surface area (Å²) >= 11 is 5.72. The van der Waals surface area contributed by atoms with Crippen LogP contribution in [0.3, 0.4) is 0 Å². The minimum atomic E-state index is -0.882. The van der Waals surface area contributed by atoms with E-state index >= 15 is 0 Å². The molecule has 0 spiro atoms. The first kappa shape index (κ1) is 20.9. The SMILES string of the molecule is Cl.NC1(C(=O)N2CCN(C(=O)c3ccc(Cl)cc3F)CC2)CCOCC1. The van der Waals surface area contributed by atoms with Crippen LogP contribution in [0.5, 0.6) is 0 Å². The predicted octanol–water partition coefficient (Wildman–Crippen LogP) is 1.69. The molecule has 1 aromatic carbocycles. The summed E-state index contributed by atoms with van der Waals surface area (Å²) in [5, 5.41) is 0.245. The molecular weight excluding hydrogens is 384 g/mol. The van der Waals surface area contributed by atoms with Gasteiger partial charge in [0.25, 0.3) is 5.91 Å². The molecule has 0 aliphatic carbocycles. The standard InChI is InChI=1S/C17H21ClFN3O3.ClH/c18-12-1-2-13(14(19)11-12)15(23)21-5-7-22(8-6-21)16(24)17(20)3-9-25-10-4-17;/h1-2,11H,3-10,20H2;1H. The van der Waals surface area contributed by atoms with Crippen molar-refractivity contribution >= 4 is 35.8 Å². The van der Waals surface area contributed by atoms with Gasteiger partial charge in [0.05, 0.1) is 11.1 Å². The molecule has 3 rings (SSSR count). The van der Waals surface area contributed by atoms with Crippen molar-refractivity contribution in [3.8, 4) is 0 Å². The van der Waals surface area contributed by atoms with Crippen LogP contribution in [0.15, 0.2) is 18.2 Å². The highest BCUT2D eigenvalue weighted by molar-refractivity contribution is 6.30. The molecule has 0 radical (unpaired) electrons. The third-order valence-electron chi connectivity index (χ3n) is 4.83. The Kier molecular flexibility index (Phi) is 6.85. The number of hydrogen-bond donors (Lipinski definition) is 1. The maximum absolute atomic E-state index is 13.9. The Morgan fingerprint density at radius 3 is 2.27 bits per heavy atom. The Morgan fingerprint density at radius 2 is 1.69 bits per heavy atom. The molecule has 0 atom stereocenters. The van der Waals surface area contributed by atoms with E-state index in [9.17, 15) is 14.0 Å². The van der Waals surface area contributed by atoms with E-state index in [0.717, 1.165) is 6.07 Å². The number of halogens is 3. The van der Waals surface area contributed by atoms with Crippen molar-refractivity contribution in [2.45, 2.75) is 18.4 Å². The second-order valence-electron chi connectivity index (χ2n) is 6.48. The summed E-state index contributed by atoms with van der Waals surface area (Å²) in [6.07, 6.45) is 1.00. The van der Waals surface area contributed by atoms with E-state index in [-0.39, 0.29) is 28.9 Å². The highest BCUT2D eigenvalue weighted by atomic mass is 35.5. The molecule has 0 aromatic heterocycles. The molecule has 2 fully saturated rings. The minimum absolute atomic E-state index is 0. The van der Waals surface area contributed by atoms with Gasteiger partial charge in [-0.25, -0.2) is 4.39 Å². The third-order valence-corrected chi connectivity index (χ3v) is 5.06. The van der Waals surface area contributed by atoms with Gasteiger partial charge in [0.1, 0.15) is 5.82 Å². The molecule has 2 heterocycles. The minimum Gasteiger partial charge on any atom is -0.381 e. The smallest absolute Gasteiger partial charge is 0.256 e. The van der Waals surface area contributed by atoms with Crippen molar-refractivity contribution in [2.75, 3.05) is 39.4 Å². The number of carbonyl (C=O) groups excluding carboxylic acids is 2. The van der Waals surface area contributed by atoms with Crippen molar-refractivity contribution in [1.29, 1.82) is 0 Å². The first-order chi connectivity index (χ1) is 11.9. The summed E-state index contributed by atoms with van der Waals surface area (Å²) in [7, 11) is 0. The highest BCUT2D eigenvalue weighted by Gasteiger charge is 2.40. The predicted molar refractivity (Wildman–Crippen MR) is 98.1 cm³/mol. The van der Waals surface area contributed by atoms with Crippen molar-refractivity contribution in [2.24, 2.45) is 5.73 Å². The number of ether oxygens (including phenoxy) is 1. The molecule has 2 amide bonds. The van der Waals surface area contributed by atoms with Crippen molar-refractivity contribution in [3.05, 3.63) is 34.6 Å². The molecule has 2 aliphatic rings. The zero-order valence-electron chi connectivity index (χ0n) is 14.2. The van der Waals surface area contributed by atoms with E-state index in [4.69, 9.17) is 22.1 Å². The molecule has 144 valence electrons. The Morgan fingerprint density at radius 1 is 1.12 bits per heavy atom. The van der Waals surface area contributed by atoms with Crippen LogP contribution < -0.4 is 5.73 Å². The summed E-state index contributed by atoms with van der Waals surface area (Å²) in [6, 6.07) is 3.99. The van der Waals surface area contributed by atoms with Crippen LogP contribution in [0.25, 0.3) is 0 Å². The number of hydrogen-bond acceptors (Lipinski definition) is 4. The zero-order valence-corrected chi connectivity index (χ0v) is 15.8. The molecule has 9 heteroatoms. The van der Waals surface area contributed by atoms with Crippen molar-refractivity contribution < 1.29 is 18.7 Å². The van der Waals surface area contributed by atoms with E-state index in [1.165, 1.54) is 12.1 Å². The number of rotatable bonds is 2. The number of nitrogens with zero attached hydrogens (tertiary/aromatic N) is 2. The molecule has 0 saturated carbocycles. The topological polar surface area (TPSA) is 75.9 Å². The monoisotopic (exact) mass is 405 g/mol. The number of nitrogens with two attached hydrogens (primary N) is 1.